The first kappa shape index (κ1) is 15.7. The van der Waals surface area contributed by atoms with Crippen LogP contribution in [0.5, 0.6) is 0 Å². The van der Waals surface area contributed by atoms with Gasteiger partial charge in [0.1, 0.15) is 12.0 Å². The van der Waals surface area contributed by atoms with Crippen LogP contribution in [0.1, 0.15) is 21.6 Å². The van der Waals surface area contributed by atoms with Crippen molar-refractivity contribution in [2.45, 2.75) is 13.5 Å². The van der Waals surface area contributed by atoms with E-state index < -0.39 is 0 Å². The second kappa shape index (κ2) is 6.49. The number of hydrogen-bond donors (Lipinski definition) is 1. The highest BCUT2D eigenvalue weighted by Crippen LogP contribution is 2.12. The van der Waals surface area contributed by atoms with Crippen molar-refractivity contribution in [1.29, 1.82) is 0 Å². The number of halogens is 1. The Morgan fingerprint density at radius 2 is 2.22 bits per heavy atom. The average Bonchev–Trinajstić information content (AvgIpc) is 3.06. The Balaban J connectivity index is 1.71. The zero-order valence-corrected chi connectivity index (χ0v) is 14.9. The van der Waals surface area contributed by atoms with Crippen molar-refractivity contribution >= 4 is 34.4 Å². The number of carbonyl (C=O) groups is 1. The lowest BCUT2D eigenvalue weighted by Crippen LogP contribution is -2.18. The van der Waals surface area contributed by atoms with Gasteiger partial charge in [0.05, 0.1) is 16.3 Å². The number of aromatic nitrogens is 5. The fourth-order valence-electron chi connectivity index (χ4n) is 2.25. The molecule has 0 saturated carbocycles. The van der Waals surface area contributed by atoms with Gasteiger partial charge < -0.3 is 0 Å². The maximum Gasteiger partial charge on any atom is 0.277 e. The Bertz CT molecular complexity index is 834. The molecule has 1 N–H and O–H groups in total. The van der Waals surface area contributed by atoms with Gasteiger partial charge in [0, 0.05) is 7.05 Å². The minimum absolute atomic E-state index is 0.275. The van der Waals surface area contributed by atoms with Crippen LogP contribution in [-0.2, 0) is 13.6 Å². The molecular formula is C15H15IN6O. The maximum absolute atomic E-state index is 12.3. The molecule has 1 amide bonds. The summed E-state index contributed by atoms with van der Waals surface area (Å²) in [5.74, 6) is 0.00218. The summed E-state index contributed by atoms with van der Waals surface area (Å²) >= 11 is 2.07. The lowest BCUT2D eigenvalue weighted by Gasteiger charge is -2.03. The van der Waals surface area contributed by atoms with Crippen LogP contribution in [0.25, 0.3) is 0 Å². The molecule has 7 nitrogen and oxygen atoms in total. The normalized spacial score (nSPS) is 10.7. The predicted molar refractivity (Wildman–Crippen MR) is 94.2 cm³/mol. The van der Waals surface area contributed by atoms with E-state index in [1.54, 1.807) is 24.3 Å². The zero-order valence-electron chi connectivity index (χ0n) is 12.7. The molecular weight excluding hydrogens is 407 g/mol. The van der Waals surface area contributed by atoms with Gasteiger partial charge in [-0.2, -0.15) is 5.10 Å². The van der Waals surface area contributed by atoms with E-state index >= 15 is 0 Å². The fraction of sp³-hybridized carbons (Fsp3) is 0.200. The number of nitrogens with one attached hydrogen (secondary N) is 1. The summed E-state index contributed by atoms with van der Waals surface area (Å²) in [6, 6.07) is 8.18. The number of nitrogens with zero attached hydrogens (tertiary/aromatic N) is 5. The SMILES string of the molecule is Cc1cccc(Cn2cnc(NC(=O)c3c(I)cnn3C)n2)c1. The van der Waals surface area contributed by atoms with Crippen LogP contribution in [0, 0.1) is 10.5 Å². The van der Waals surface area contributed by atoms with Crippen molar-refractivity contribution in [3.05, 3.63) is 57.2 Å². The summed E-state index contributed by atoms with van der Waals surface area (Å²) in [6.45, 7) is 2.65. The van der Waals surface area contributed by atoms with Crippen molar-refractivity contribution < 1.29 is 4.79 Å². The number of benzene rings is 1. The topological polar surface area (TPSA) is 77.6 Å². The molecule has 0 aliphatic rings. The molecule has 0 saturated heterocycles. The monoisotopic (exact) mass is 422 g/mol. The van der Waals surface area contributed by atoms with Gasteiger partial charge in [-0.05, 0) is 35.1 Å². The Morgan fingerprint density at radius 3 is 2.91 bits per heavy atom. The molecule has 0 atom stereocenters. The summed E-state index contributed by atoms with van der Waals surface area (Å²) in [7, 11) is 1.72. The van der Waals surface area contributed by atoms with Crippen molar-refractivity contribution in [1.82, 2.24) is 24.5 Å². The van der Waals surface area contributed by atoms with E-state index in [1.165, 1.54) is 10.2 Å². The third-order valence-corrected chi connectivity index (χ3v) is 4.09. The first-order valence-electron chi connectivity index (χ1n) is 6.97. The molecule has 0 radical (unpaired) electrons. The first-order chi connectivity index (χ1) is 11.0. The van der Waals surface area contributed by atoms with Crippen molar-refractivity contribution in [2.24, 2.45) is 7.05 Å². The molecule has 0 bridgehead atoms. The Hall–Kier alpha value is -2.23. The number of rotatable bonds is 4. The van der Waals surface area contributed by atoms with Gasteiger partial charge in [-0.15, -0.1) is 5.10 Å². The largest absolute Gasteiger partial charge is 0.288 e. The van der Waals surface area contributed by atoms with Crippen molar-refractivity contribution in [3.8, 4) is 0 Å². The molecule has 0 unspecified atom stereocenters. The third-order valence-electron chi connectivity index (χ3n) is 3.30. The molecule has 23 heavy (non-hydrogen) atoms. The summed E-state index contributed by atoms with van der Waals surface area (Å²) in [4.78, 5) is 16.4. The molecule has 0 fully saturated rings. The number of amides is 1. The van der Waals surface area contributed by atoms with Gasteiger partial charge in [-0.1, -0.05) is 29.8 Å². The molecule has 1 aromatic carbocycles. The molecule has 2 aromatic heterocycles. The van der Waals surface area contributed by atoms with Crippen LogP contribution in [0.2, 0.25) is 0 Å². The number of anilines is 1. The van der Waals surface area contributed by atoms with E-state index in [0.717, 1.165) is 9.13 Å². The summed E-state index contributed by atoms with van der Waals surface area (Å²) in [5, 5.41) is 11.0. The Labute approximate surface area is 146 Å². The van der Waals surface area contributed by atoms with E-state index in [0.29, 0.717) is 12.2 Å². The van der Waals surface area contributed by atoms with Gasteiger partial charge in [-0.25, -0.2) is 9.67 Å². The Morgan fingerprint density at radius 1 is 1.39 bits per heavy atom. The van der Waals surface area contributed by atoms with Gasteiger partial charge >= 0.3 is 0 Å². The molecule has 0 aliphatic carbocycles. The van der Waals surface area contributed by atoms with Crippen molar-refractivity contribution in [2.75, 3.05) is 5.32 Å². The molecule has 2 heterocycles. The summed E-state index contributed by atoms with van der Waals surface area (Å²) in [5.41, 5.74) is 2.82. The van der Waals surface area contributed by atoms with Crippen LogP contribution in [-0.4, -0.2) is 30.5 Å². The van der Waals surface area contributed by atoms with E-state index in [-0.39, 0.29) is 11.9 Å². The van der Waals surface area contributed by atoms with Crippen LogP contribution >= 0.6 is 22.6 Å². The van der Waals surface area contributed by atoms with E-state index in [4.69, 9.17) is 0 Å². The molecule has 3 aromatic rings. The second-order valence-corrected chi connectivity index (χ2v) is 6.34. The highest BCUT2D eigenvalue weighted by atomic mass is 127. The maximum atomic E-state index is 12.3. The van der Waals surface area contributed by atoms with E-state index in [9.17, 15) is 4.79 Å². The second-order valence-electron chi connectivity index (χ2n) is 5.17. The minimum atomic E-state index is -0.275. The molecule has 3 rings (SSSR count). The third kappa shape index (κ3) is 3.58. The average molecular weight is 422 g/mol. The van der Waals surface area contributed by atoms with Gasteiger partial charge in [0.15, 0.2) is 0 Å². The quantitative estimate of drug-likeness (QED) is 0.655. The van der Waals surface area contributed by atoms with Gasteiger partial charge in [0.2, 0.25) is 5.95 Å². The molecule has 0 spiro atoms. The molecule has 0 aliphatic heterocycles. The highest BCUT2D eigenvalue weighted by molar-refractivity contribution is 14.1. The smallest absolute Gasteiger partial charge is 0.277 e. The number of hydrogen-bond acceptors (Lipinski definition) is 4. The molecule has 118 valence electrons. The lowest BCUT2D eigenvalue weighted by molar-refractivity contribution is 0.101. The van der Waals surface area contributed by atoms with E-state index in [1.807, 2.05) is 25.1 Å². The minimum Gasteiger partial charge on any atom is -0.288 e. The highest BCUT2D eigenvalue weighted by Gasteiger charge is 2.16. The van der Waals surface area contributed by atoms with Gasteiger partial charge in [0.25, 0.3) is 5.91 Å². The summed E-state index contributed by atoms with van der Waals surface area (Å²) in [6.07, 6.45) is 3.24. The standard InChI is InChI=1S/C15H15IN6O/c1-10-4-3-5-11(6-10)8-22-9-17-15(20-22)19-14(23)13-12(16)7-18-21(13)2/h3-7,9H,8H2,1-2H3,(H,19,20,23). The fourth-order valence-corrected chi connectivity index (χ4v) is 2.97. The van der Waals surface area contributed by atoms with Crippen LogP contribution in [0.15, 0.2) is 36.8 Å². The zero-order chi connectivity index (χ0) is 16.4. The van der Waals surface area contributed by atoms with Crippen LogP contribution in [0.4, 0.5) is 5.95 Å². The lowest BCUT2D eigenvalue weighted by atomic mass is 10.1. The molecule has 8 heteroatoms. The van der Waals surface area contributed by atoms with Crippen molar-refractivity contribution in [3.63, 3.8) is 0 Å². The number of carbonyl (C=O) groups excluding carboxylic acids is 1. The number of aryl methyl sites for hydroxylation is 2. The van der Waals surface area contributed by atoms with Crippen LogP contribution in [0.3, 0.4) is 0 Å². The summed E-state index contributed by atoms with van der Waals surface area (Å²) < 4.78 is 4.00. The van der Waals surface area contributed by atoms with Gasteiger partial charge in [-0.3, -0.25) is 14.8 Å². The first-order valence-corrected chi connectivity index (χ1v) is 8.04. The Kier molecular flexibility index (Phi) is 4.42. The predicted octanol–water partition coefficient (Wildman–Crippen LogP) is 2.23. The van der Waals surface area contributed by atoms with E-state index in [2.05, 4.69) is 49.2 Å². The van der Waals surface area contributed by atoms with Crippen LogP contribution < -0.4 is 5.32 Å².